The number of carbonyl (C=O) groups is 1. The van der Waals surface area contributed by atoms with Crippen LogP contribution in [0.4, 0.5) is 0 Å². The van der Waals surface area contributed by atoms with E-state index in [9.17, 15) is 14.7 Å². The lowest BCUT2D eigenvalue weighted by atomic mass is 9.86. The number of hydrogen-bond acceptors (Lipinski definition) is 4. The van der Waals surface area contributed by atoms with Gasteiger partial charge in [0.2, 0.25) is 5.91 Å². The second-order valence-corrected chi connectivity index (χ2v) is 8.46. The Labute approximate surface area is 183 Å². The van der Waals surface area contributed by atoms with E-state index in [4.69, 9.17) is 0 Å². The summed E-state index contributed by atoms with van der Waals surface area (Å²) in [6.45, 7) is 5.60. The molecule has 31 heavy (non-hydrogen) atoms. The molecule has 2 bridgehead atoms. The Balaban J connectivity index is 1.81. The summed E-state index contributed by atoms with van der Waals surface area (Å²) in [6, 6.07) is 13.7. The number of aliphatic hydroxyl groups excluding tert-OH is 1. The van der Waals surface area contributed by atoms with Crippen molar-refractivity contribution in [1.29, 1.82) is 0 Å². The summed E-state index contributed by atoms with van der Waals surface area (Å²) in [4.78, 5) is 28.7. The first kappa shape index (κ1) is 21.5. The molecule has 6 nitrogen and oxygen atoms in total. The highest BCUT2D eigenvalue weighted by atomic mass is 16.3. The van der Waals surface area contributed by atoms with Gasteiger partial charge in [-0.2, -0.15) is 0 Å². The zero-order valence-electron chi connectivity index (χ0n) is 18.2. The predicted octanol–water partition coefficient (Wildman–Crippen LogP) is 2.57. The predicted molar refractivity (Wildman–Crippen MR) is 121 cm³/mol. The Kier molecular flexibility index (Phi) is 6.39. The molecule has 1 saturated heterocycles. The van der Waals surface area contributed by atoms with Gasteiger partial charge in [0.15, 0.2) is 0 Å². The maximum Gasteiger partial charge on any atom is 0.258 e. The van der Waals surface area contributed by atoms with Crippen molar-refractivity contribution in [3.8, 4) is 0 Å². The highest BCUT2D eigenvalue weighted by Crippen LogP contribution is 2.48. The molecule has 1 aromatic heterocycles. The minimum atomic E-state index is -0.397. The fourth-order valence-electron chi connectivity index (χ4n) is 5.22. The number of benzene rings is 1. The Hall–Kier alpha value is -2.70. The molecular formula is C25H31N3O3. The van der Waals surface area contributed by atoms with Crippen LogP contribution >= 0.6 is 0 Å². The van der Waals surface area contributed by atoms with Gasteiger partial charge in [0, 0.05) is 49.5 Å². The van der Waals surface area contributed by atoms with Gasteiger partial charge in [0.25, 0.3) is 5.56 Å². The minimum absolute atomic E-state index is 0.0312. The second-order valence-electron chi connectivity index (χ2n) is 8.46. The molecule has 2 aromatic rings. The topological polar surface area (TPSA) is 74.6 Å². The third kappa shape index (κ3) is 3.86. The Bertz CT molecular complexity index is 1010. The molecule has 0 spiro atoms. The van der Waals surface area contributed by atoms with E-state index in [2.05, 4.69) is 22.3 Å². The molecule has 4 atom stereocenters. The molecule has 0 aliphatic carbocycles. The van der Waals surface area contributed by atoms with E-state index in [0.29, 0.717) is 25.2 Å². The lowest BCUT2D eigenvalue weighted by Gasteiger charge is -2.38. The number of hydrogen-bond donors (Lipinski definition) is 2. The van der Waals surface area contributed by atoms with Gasteiger partial charge in [0.1, 0.15) is 0 Å². The second kappa shape index (κ2) is 9.20. The number of nitrogens with zero attached hydrogens (tertiary/aromatic N) is 2. The molecule has 3 heterocycles. The molecule has 4 rings (SSSR count). The van der Waals surface area contributed by atoms with Gasteiger partial charge < -0.3 is 15.0 Å². The highest BCUT2D eigenvalue weighted by molar-refractivity contribution is 5.80. The van der Waals surface area contributed by atoms with Crippen LogP contribution in [0.25, 0.3) is 6.08 Å². The number of aromatic nitrogens is 1. The molecule has 1 fully saturated rings. The molecule has 0 saturated carbocycles. The zero-order chi connectivity index (χ0) is 22.0. The molecule has 2 aliphatic heterocycles. The molecule has 164 valence electrons. The fourth-order valence-corrected chi connectivity index (χ4v) is 5.22. The molecule has 2 N–H and O–H groups in total. The van der Waals surface area contributed by atoms with Crippen LogP contribution in [0.2, 0.25) is 0 Å². The summed E-state index contributed by atoms with van der Waals surface area (Å²) < 4.78 is 1.82. The van der Waals surface area contributed by atoms with Crippen LogP contribution in [-0.4, -0.2) is 39.7 Å². The highest BCUT2D eigenvalue weighted by Gasteiger charge is 2.55. The first-order valence-corrected chi connectivity index (χ1v) is 11.1. The van der Waals surface area contributed by atoms with E-state index in [-0.39, 0.29) is 36.1 Å². The molecule has 6 heteroatoms. The number of fused-ring (bicyclic) bond motifs is 4. The summed E-state index contributed by atoms with van der Waals surface area (Å²) >= 11 is 0. The summed E-state index contributed by atoms with van der Waals surface area (Å²) in [5.74, 6) is -0.661. The first-order chi connectivity index (χ1) is 15.1. The van der Waals surface area contributed by atoms with Gasteiger partial charge >= 0.3 is 0 Å². The summed E-state index contributed by atoms with van der Waals surface area (Å²) in [6.07, 6.45) is 4.54. The van der Waals surface area contributed by atoms with Crippen LogP contribution in [0.15, 0.2) is 53.3 Å². The van der Waals surface area contributed by atoms with Crippen molar-refractivity contribution < 1.29 is 9.90 Å². The van der Waals surface area contributed by atoms with E-state index in [1.54, 1.807) is 0 Å². The summed E-state index contributed by atoms with van der Waals surface area (Å²) in [7, 11) is 0. The van der Waals surface area contributed by atoms with Gasteiger partial charge in [0.05, 0.1) is 12.0 Å². The van der Waals surface area contributed by atoms with E-state index in [1.807, 2.05) is 60.9 Å². The van der Waals surface area contributed by atoms with Crippen LogP contribution in [0.3, 0.4) is 0 Å². The van der Waals surface area contributed by atoms with Crippen molar-refractivity contribution in [1.82, 2.24) is 14.8 Å². The molecular weight excluding hydrogens is 390 g/mol. The lowest BCUT2D eigenvalue weighted by Crippen LogP contribution is -2.46. The fraction of sp³-hybridized carbons (Fsp3) is 0.440. The molecule has 0 radical (unpaired) electrons. The van der Waals surface area contributed by atoms with Crippen molar-refractivity contribution in [3.63, 3.8) is 0 Å². The van der Waals surface area contributed by atoms with E-state index in [0.717, 1.165) is 17.7 Å². The minimum Gasteiger partial charge on any atom is -0.396 e. The van der Waals surface area contributed by atoms with Crippen LogP contribution in [0.5, 0.6) is 0 Å². The average molecular weight is 422 g/mol. The standard InChI is InChI=1S/C25H31N3O3/c1-3-8-18-11-12-20-23-22(24(30)26-13-4-2)19(16-29)21(15-28(20)25(18)31)27(23)14-17-9-6-5-7-10-17/h3,5-12,19,21-23,29H,4,13-16H2,1-2H3,(H,26,30)/b8-3-/t19-,21-,22+,23+/m0/s1. The molecule has 1 aromatic carbocycles. The third-order valence-corrected chi connectivity index (χ3v) is 6.61. The Morgan fingerprint density at radius 3 is 2.68 bits per heavy atom. The average Bonchev–Trinajstić information content (AvgIpc) is 2.99. The van der Waals surface area contributed by atoms with Crippen molar-refractivity contribution in [3.05, 3.63) is 75.7 Å². The molecule has 0 unspecified atom stereocenters. The van der Waals surface area contributed by atoms with Crippen molar-refractivity contribution in [2.24, 2.45) is 11.8 Å². The van der Waals surface area contributed by atoms with Crippen LogP contribution in [0.1, 0.15) is 43.1 Å². The van der Waals surface area contributed by atoms with E-state index >= 15 is 0 Å². The van der Waals surface area contributed by atoms with Crippen molar-refractivity contribution in [2.75, 3.05) is 13.2 Å². The van der Waals surface area contributed by atoms with Gasteiger partial charge in [-0.05, 0) is 31.0 Å². The van der Waals surface area contributed by atoms with E-state index < -0.39 is 5.92 Å². The Morgan fingerprint density at radius 2 is 2.00 bits per heavy atom. The largest absolute Gasteiger partial charge is 0.396 e. The third-order valence-electron chi connectivity index (χ3n) is 6.61. The summed E-state index contributed by atoms with van der Waals surface area (Å²) in [5, 5.41) is 13.4. The SMILES string of the molecule is C/C=C\c1ccc2n(c1=O)C[C@H]1[C@H](CO)[C@@H](C(=O)NCCC)[C@@H]2N1Cc1ccccc1. The Morgan fingerprint density at radius 1 is 1.23 bits per heavy atom. The van der Waals surface area contributed by atoms with Gasteiger partial charge in [-0.1, -0.05) is 49.4 Å². The van der Waals surface area contributed by atoms with Crippen LogP contribution < -0.4 is 10.9 Å². The number of aliphatic hydroxyl groups is 1. The van der Waals surface area contributed by atoms with E-state index in [1.165, 1.54) is 0 Å². The van der Waals surface area contributed by atoms with Gasteiger partial charge in [-0.3, -0.25) is 14.5 Å². The van der Waals surface area contributed by atoms with Gasteiger partial charge in [-0.25, -0.2) is 0 Å². The molecule has 1 amide bonds. The number of allylic oxidation sites excluding steroid dienone is 1. The van der Waals surface area contributed by atoms with Crippen LogP contribution in [0, 0.1) is 11.8 Å². The zero-order valence-corrected chi connectivity index (χ0v) is 18.2. The number of amides is 1. The van der Waals surface area contributed by atoms with Gasteiger partial charge in [-0.15, -0.1) is 0 Å². The number of carbonyl (C=O) groups excluding carboxylic acids is 1. The quantitative estimate of drug-likeness (QED) is 0.721. The maximum absolute atomic E-state index is 13.2. The number of nitrogens with one attached hydrogen (secondary N) is 1. The summed E-state index contributed by atoms with van der Waals surface area (Å²) in [5.41, 5.74) is 2.63. The lowest BCUT2D eigenvalue weighted by molar-refractivity contribution is -0.127. The van der Waals surface area contributed by atoms with Crippen LogP contribution in [-0.2, 0) is 17.9 Å². The number of pyridine rings is 1. The maximum atomic E-state index is 13.2. The first-order valence-electron chi connectivity index (χ1n) is 11.1. The monoisotopic (exact) mass is 421 g/mol. The smallest absolute Gasteiger partial charge is 0.258 e. The van der Waals surface area contributed by atoms with Crippen molar-refractivity contribution >= 4 is 12.0 Å². The molecule has 2 aliphatic rings. The normalized spacial score (nSPS) is 25.0. The number of rotatable bonds is 7. The van der Waals surface area contributed by atoms with Crippen molar-refractivity contribution in [2.45, 2.75) is 45.4 Å².